The van der Waals surface area contributed by atoms with Crippen LogP contribution in [0, 0.1) is 0 Å². The Balaban J connectivity index is 1.09. The van der Waals surface area contributed by atoms with Crippen molar-refractivity contribution in [2.75, 3.05) is 9.80 Å². The quantitative estimate of drug-likeness (QED) is 0.152. The lowest BCUT2D eigenvalue weighted by atomic mass is 9.92. The van der Waals surface area contributed by atoms with Crippen molar-refractivity contribution < 1.29 is 9.15 Å². The number of furan rings is 1. The Hall–Kier alpha value is -7.82. The van der Waals surface area contributed by atoms with Crippen molar-refractivity contribution in [1.29, 1.82) is 0 Å². The summed E-state index contributed by atoms with van der Waals surface area (Å²) in [5.74, 6) is 1.68. The normalized spacial score (nSPS) is 11.9. The fourth-order valence-corrected chi connectivity index (χ4v) is 9.06. The summed E-state index contributed by atoms with van der Waals surface area (Å²) in [6.07, 6.45) is 0. The number of para-hydroxylation sites is 5. The maximum absolute atomic E-state index is 7.06. The molecule has 10 aromatic carbocycles. The highest BCUT2D eigenvalue weighted by Crippen LogP contribution is 2.53. The molecule has 0 unspecified atom stereocenters. The van der Waals surface area contributed by atoms with Crippen LogP contribution in [-0.4, -0.2) is 0 Å². The number of benzene rings is 10. The van der Waals surface area contributed by atoms with Gasteiger partial charge in [0.1, 0.15) is 17.1 Å². The highest BCUT2D eigenvalue weighted by molar-refractivity contribution is 6.27. The lowest BCUT2D eigenvalue weighted by molar-refractivity contribution is 0.493. The summed E-state index contributed by atoms with van der Waals surface area (Å²) in [5, 5.41) is 9.02. The predicted molar refractivity (Wildman–Crippen MR) is 241 cm³/mol. The van der Waals surface area contributed by atoms with Crippen LogP contribution in [0.15, 0.2) is 211 Å². The van der Waals surface area contributed by atoms with Gasteiger partial charge in [-0.25, -0.2) is 0 Å². The van der Waals surface area contributed by atoms with Crippen LogP contribution in [0.3, 0.4) is 0 Å². The molecule has 2 heterocycles. The van der Waals surface area contributed by atoms with Gasteiger partial charge in [-0.15, -0.1) is 0 Å². The van der Waals surface area contributed by atoms with Crippen LogP contribution in [0.5, 0.6) is 11.5 Å². The Labute approximate surface area is 335 Å². The summed E-state index contributed by atoms with van der Waals surface area (Å²) in [4.78, 5) is 4.68. The third-order valence-corrected chi connectivity index (χ3v) is 11.6. The van der Waals surface area contributed by atoms with Gasteiger partial charge in [0.2, 0.25) is 0 Å². The molecule has 4 nitrogen and oxygen atoms in total. The summed E-state index contributed by atoms with van der Waals surface area (Å²) in [7, 11) is 0. The van der Waals surface area contributed by atoms with Crippen LogP contribution in [0.1, 0.15) is 0 Å². The van der Waals surface area contributed by atoms with Gasteiger partial charge in [-0.2, -0.15) is 0 Å². The van der Waals surface area contributed by atoms with E-state index in [0.717, 1.165) is 100 Å². The van der Waals surface area contributed by atoms with Crippen LogP contribution >= 0.6 is 0 Å². The summed E-state index contributed by atoms with van der Waals surface area (Å²) in [5.41, 5.74) is 10.3. The monoisotopic (exact) mass is 742 g/mol. The largest absolute Gasteiger partial charge is 0.456 e. The van der Waals surface area contributed by atoms with Gasteiger partial charge in [0.25, 0.3) is 0 Å². The lowest BCUT2D eigenvalue weighted by Gasteiger charge is -2.30. The van der Waals surface area contributed by atoms with Crippen molar-refractivity contribution in [2.24, 2.45) is 0 Å². The van der Waals surface area contributed by atoms with Crippen molar-refractivity contribution in [2.45, 2.75) is 0 Å². The van der Waals surface area contributed by atoms with Crippen LogP contribution < -0.4 is 14.5 Å². The van der Waals surface area contributed by atoms with E-state index in [-0.39, 0.29) is 0 Å². The van der Waals surface area contributed by atoms with E-state index in [4.69, 9.17) is 9.15 Å². The molecule has 0 atom stereocenters. The molecule has 272 valence electrons. The van der Waals surface area contributed by atoms with E-state index in [1.807, 2.05) is 12.1 Å². The van der Waals surface area contributed by atoms with Crippen LogP contribution in [0.2, 0.25) is 0 Å². The molecule has 4 heteroatoms. The molecule has 0 radical (unpaired) electrons. The van der Waals surface area contributed by atoms with Gasteiger partial charge >= 0.3 is 0 Å². The maximum Gasteiger partial charge on any atom is 0.159 e. The van der Waals surface area contributed by atoms with Gasteiger partial charge in [-0.05, 0) is 77.0 Å². The van der Waals surface area contributed by atoms with Crippen molar-refractivity contribution in [3.8, 4) is 22.6 Å². The number of anilines is 6. The van der Waals surface area contributed by atoms with Crippen LogP contribution in [0.4, 0.5) is 34.1 Å². The standard InChI is InChI=1S/C54H34N2O2/c1-4-15-35(16-5-1)41-21-10-12-24-45(41)55(38-17-6-2-7-18-38)40-33-37-28-27-36-29-30-44-46(31-32-49-53(44)52(36)51(37)50(34-40)57-49)56(39-19-8-3-9-20-39)47-25-14-23-43-42-22-11-13-26-48(42)58-54(43)47/h1-34H. The Kier molecular flexibility index (Phi) is 7.20. The Morgan fingerprint density at radius 1 is 0.345 bits per heavy atom. The predicted octanol–water partition coefficient (Wildman–Crippen LogP) is 15.8. The zero-order chi connectivity index (χ0) is 38.2. The number of fused-ring (bicyclic) bond motifs is 3. The van der Waals surface area contributed by atoms with E-state index >= 15 is 0 Å². The highest BCUT2D eigenvalue weighted by atomic mass is 16.5. The zero-order valence-electron chi connectivity index (χ0n) is 31.3. The van der Waals surface area contributed by atoms with Crippen molar-refractivity contribution in [3.05, 3.63) is 206 Å². The molecule has 0 bridgehead atoms. The van der Waals surface area contributed by atoms with Crippen LogP contribution in [-0.2, 0) is 0 Å². The highest BCUT2D eigenvalue weighted by Gasteiger charge is 2.27. The SMILES string of the molecule is c1ccc(-c2ccccc2N(c2ccccc2)c2cc3c4c(ccc5ccc6c(N(c7ccccc7)c7cccc8c7oc7ccccc78)ccc(c6c54)O3)c2)cc1. The number of hydrogen-bond donors (Lipinski definition) is 0. The van der Waals surface area contributed by atoms with Gasteiger partial charge in [0.05, 0.1) is 22.7 Å². The number of ether oxygens (including phenoxy) is 1. The molecular formula is C54H34N2O2. The van der Waals surface area contributed by atoms with Crippen molar-refractivity contribution in [3.63, 3.8) is 0 Å². The second-order valence-corrected chi connectivity index (χ2v) is 14.9. The summed E-state index contributed by atoms with van der Waals surface area (Å²) >= 11 is 0. The second-order valence-electron chi connectivity index (χ2n) is 14.9. The molecule has 0 aliphatic carbocycles. The number of nitrogens with zero attached hydrogens (tertiary/aromatic N) is 2. The van der Waals surface area contributed by atoms with Gasteiger partial charge < -0.3 is 19.0 Å². The smallest absolute Gasteiger partial charge is 0.159 e. The molecular weight excluding hydrogens is 709 g/mol. The van der Waals surface area contributed by atoms with Gasteiger partial charge in [-0.1, -0.05) is 140 Å². The first-order valence-corrected chi connectivity index (χ1v) is 19.7. The van der Waals surface area contributed by atoms with E-state index in [2.05, 4.69) is 204 Å². The fourth-order valence-electron chi connectivity index (χ4n) is 9.06. The molecule has 58 heavy (non-hydrogen) atoms. The van der Waals surface area contributed by atoms with E-state index in [9.17, 15) is 0 Å². The molecule has 0 amide bonds. The topological polar surface area (TPSA) is 28.9 Å². The molecule has 11 aromatic rings. The Morgan fingerprint density at radius 3 is 1.83 bits per heavy atom. The first-order chi connectivity index (χ1) is 28.8. The van der Waals surface area contributed by atoms with E-state index in [0.29, 0.717) is 0 Å². The van der Waals surface area contributed by atoms with E-state index < -0.39 is 0 Å². The third-order valence-electron chi connectivity index (χ3n) is 11.6. The minimum absolute atomic E-state index is 0.840. The molecule has 0 spiro atoms. The molecule has 0 saturated carbocycles. The van der Waals surface area contributed by atoms with E-state index in [1.165, 1.54) is 10.8 Å². The van der Waals surface area contributed by atoms with Gasteiger partial charge in [-0.3, -0.25) is 0 Å². The molecule has 0 saturated heterocycles. The average Bonchev–Trinajstić information content (AvgIpc) is 3.68. The molecule has 12 rings (SSSR count). The Morgan fingerprint density at radius 2 is 1.00 bits per heavy atom. The number of rotatable bonds is 7. The molecule has 0 N–H and O–H groups in total. The van der Waals surface area contributed by atoms with E-state index in [1.54, 1.807) is 0 Å². The van der Waals surface area contributed by atoms with Crippen molar-refractivity contribution >= 4 is 88.4 Å². The summed E-state index contributed by atoms with van der Waals surface area (Å²) < 4.78 is 13.7. The van der Waals surface area contributed by atoms with Crippen LogP contribution in [0.25, 0.3) is 65.4 Å². The molecule has 1 aliphatic rings. The molecule has 1 aromatic heterocycles. The minimum Gasteiger partial charge on any atom is -0.456 e. The molecule has 0 fully saturated rings. The number of hydrogen-bond acceptors (Lipinski definition) is 4. The Bertz CT molecular complexity index is 3380. The van der Waals surface area contributed by atoms with Gasteiger partial charge in [0, 0.05) is 55.3 Å². The van der Waals surface area contributed by atoms with Crippen molar-refractivity contribution in [1.82, 2.24) is 0 Å². The molecule has 1 aliphatic heterocycles. The average molecular weight is 743 g/mol. The third kappa shape index (κ3) is 4.95. The maximum atomic E-state index is 7.06. The lowest BCUT2D eigenvalue weighted by Crippen LogP contribution is -2.12. The second kappa shape index (κ2) is 12.9. The first kappa shape index (κ1) is 32.4. The van der Waals surface area contributed by atoms with Gasteiger partial charge in [0.15, 0.2) is 5.58 Å². The summed E-state index contributed by atoms with van der Waals surface area (Å²) in [6.45, 7) is 0. The fraction of sp³-hybridized carbons (Fsp3) is 0. The summed E-state index contributed by atoms with van der Waals surface area (Å²) in [6, 6.07) is 73.0. The first-order valence-electron chi connectivity index (χ1n) is 19.7. The minimum atomic E-state index is 0.840. The zero-order valence-corrected chi connectivity index (χ0v) is 31.3.